The normalized spacial score (nSPS) is 19.5. The van der Waals surface area contributed by atoms with E-state index >= 15 is 0 Å². The first-order valence-electron chi connectivity index (χ1n) is 7.91. The van der Waals surface area contributed by atoms with E-state index in [4.69, 9.17) is 4.52 Å². The predicted molar refractivity (Wildman–Crippen MR) is 79.5 cm³/mol. The molecule has 0 atom stereocenters. The van der Waals surface area contributed by atoms with Crippen molar-refractivity contribution in [1.29, 1.82) is 0 Å². The third kappa shape index (κ3) is 3.23. The molecule has 0 spiro atoms. The van der Waals surface area contributed by atoms with Crippen LogP contribution in [0, 0.1) is 6.92 Å². The topological polar surface area (TPSA) is 78.7 Å². The molecule has 1 N–H and O–H groups in total. The number of rotatable bonds is 2. The lowest BCUT2D eigenvalue weighted by Gasteiger charge is -2.34. The monoisotopic (exact) mass is 306 g/mol. The summed E-state index contributed by atoms with van der Waals surface area (Å²) in [5.74, 6) is 0.491. The highest BCUT2D eigenvalue weighted by molar-refractivity contribution is 5.92. The Balaban J connectivity index is 1.49. The molecule has 3 amide bonds. The summed E-state index contributed by atoms with van der Waals surface area (Å²) < 4.78 is 4.94. The molecular formula is C15H22N4O3. The number of aryl methyl sites for hydroxylation is 1. The van der Waals surface area contributed by atoms with E-state index in [-0.39, 0.29) is 11.9 Å². The maximum Gasteiger partial charge on any atom is 0.317 e. The molecule has 0 unspecified atom stereocenters. The van der Waals surface area contributed by atoms with Crippen molar-refractivity contribution >= 4 is 11.9 Å². The van der Waals surface area contributed by atoms with Gasteiger partial charge in [-0.15, -0.1) is 0 Å². The number of hydrogen-bond acceptors (Lipinski definition) is 4. The summed E-state index contributed by atoms with van der Waals surface area (Å²) in [6.07, 6.45) is 4.56. The summed E-state index contributed by atoms with van der Waals surface area (Å²) in [4.78, 5) is 27.9. The van der Waals surface area contributed by atoms with Gasteiger partial charge in [-0.25, -0.2) is 4.79 Å². The zero-order valence-corrected chi connectivity index (χ0v) is 12.9. The minimum Gasteiger partial charge on any atom is -0.361 e. The molecule has 1 aromatic heterocycles. The molecule has 2 fully saturated rings. The Morgan fingerprint density at radius 3 is 2.41 bits per heavy atom. The first-order valence-corrected chi connectivity index (χ1v) is 7.91. The fraction of sp³-hybridized carbons (Fsp3) is 0.667. The molecular weight excluding hydrogens is 284 g/mol. The molecule has 2 heterocycles. The van der Waals surface area contributed by atoms with Crippen LogP contribution in [0.4, 0.5) is 4.79 Å². The molecule has 7 nitrogen and oxygen atoms in total. The number of carbonyl (C=O) groups is 2. The van der Waals surface area contributed by atoms with Gasteiger partial charge in [-0.2, -0.15) is 0 Å². The van der Waals surface area contributed by atoms with Crippen molar-refractivity contribution in [1.82, 2.24) is 20.3 Å². The number of urea groups is 1. The fourth-order valence-corrected chi connectivity index (χ4v) is 3.08. The molecule has 1 aliphatic carbocycles. The van der Waals surface area contributed by atoms with E-state index in [1.807, 2.05) is 0 Å². The van der Waals surface area contributed by atoms with Crippen LogP contribution in [0.2, 0.25) is 0 Å². The second kappa shape index (κ2) is 6.37. The summed E-state index contributed by atoms with van der Waals surface area (Å²) >= 11 is 0. The first-order chi connectivity index (χ1) is 10.6. The van der Waals surface area contributed by atoms with Crippen molar-refractivity contribution in [2.24, 2.45) is 0 Å². The van der Waals surface area contributed by atoms with Gasteiger partial charge in [0.15, 0.2) is 5.69 Å². The second-order valence-electron chi connectivity index (χ2n) is 6.03. The number of amides is 3. The van der Waals surface area contributed by atoms with Gasteiger partial charge in [-0.3, -0.25) is 4.79 Å². The maximum atomic E-state index is 12.3. The minimum atomic E-state index is -0.132. The minimum absolute atomic E-state index is 0.00344. The predicted octanol–water partition coefficient (Wildman–Crippen LogP) is 1.39. The van der Waals surface area contributed by atoms with Crippen LogP contribution >= 0.6 is 0 Å². The van der Waals surface area contributed by atoms with Crippen molar-refractivity contribution in [2.45, 2.75) is 38.6 Å². The average molecular weight is 306 g/mol. The molecule has 7 heteroatoms. The molecule has 0 bridgehead atoms. The molecule has 0 radical (unpaired) electrons. The van der Waals surface area contributed by atoms with Crippen LogP contribution in [0.25, 0.3) is 0 Å². The van der Waals surface area contributed by atoms with Crippen LogP contribution in [0.3, 0.4) is 0 Å². The summed E-state index contributed by atoms with van der Waals surface area (Å²) in [5, 5.41) is 6.84. The number of hydrogen-bond donors (Lipinski definition) is 1. The highest BCUT2D eigenvalue weighted by Gasteiger charge is 2.27. The zero-order valence-electron chi connectivity index (χ0n) is 12.9. The molecule has 1 aliphatic heterocycles. The van der Waals surface area contributed by atoms with Crippen molar-refractivity contribution in [2.75, 3.05) is 26.2 Å². The molecule has 1 aromatic rings. The number of piperazine rings is 1. The van der Waals surface area contributed by atoms with Crippen LogP contribution in [0.15, 0.2) is 10.6 Å². The second-order valence-corrected chi connectivity index (χ2v) is 6.03. The molecule has 22 heavy (non-hydrogen) atoms. The molecule has 0 aromatic carbocycles. The number of aromatic nitrogens is 1. The smallest absolute Gasteiger partial charge is 0.317 e. The maximum absolute atomic E-state index is 12.3. The first kappa shape index (κ1) is 14.9. The van der Waals surface area contributed by atoms with Gasteiger partial charge in [0, 0.05) is 38.3 Å². The number of nitrogens with one attached hydrogen (secondary N) is 1. The van der Waals surface area contributed by atoms with Crippen LogP contribution in [-0.4, -0.2) is 59.1 Å². The Labute approximate surface area is 129 Å². The van der Waals surface area contributed by atoms with Crippen molar-refractivity contribution < 1.29 is 14.1 Å². The molecule has 3 rings (SSSR count). The van der Waals surface area contributed by atoms with Crippen LogP contribution in [-0.2, 0) is 0 Å². The molecule has 1 saturated heterocycles. The highest BCUT2D eigenvalue weighted by atomic mass is 16.5. The van der Waals surface area contributed by atoms with E-state index in [0.29, 0.717) is 43.7 Å². The number of nitrogens with zero attached hydrogens (tertiary/aromatic N) is 3. The number of carbonyl (C=O) groups excluding carboxylic acids is 2. The van der Waals surface area contributed by atoms with E-state index < -0.39 is 0 Å². The lowest BCUT2D eigenvalue weighted by molar-refractivity contribution is 0.0653. The lowest BCUT2D eigenvalue weighted by atomic mass is 10.2. The van der Waals surface area contributed by atoms with Crippen LogP contribution in [0.5, 0.6) is 0 Å². The van der Waals surface area contributed by atoms with Gasteiger partial charge >= 0.3 is 6.03 Å². The van der Waals surface area contributed by atoms with Gasteiger partial charge in [-0.05, 0) is 19.8 Å². The van der Waals surface area contributed by atoms with Gasteiger partial charge in [-0.1, -0.05) is 18.0 Å². The third-order valence-electron chi connectivity index (χ3n) is 4.38. The molecule has 1 saturated carbocycles. The molecule has 120 valence electrons. The van der Waals surface area contributed by atoms with Gasteiger partial charge in [0.25, 0.3) is 5.91 Å². The Bertz CT molecular complexity index is 543. The summed E-state index contributed by atoms with van der Waals surface area (Å²) in [6.45, 7) is 3.93. The average Bonchev–Trinajstić information content (AvgIpc) is 3.18. The van der Waals surface area contributed by atoms with Crippen molar-refractivity contribution in [3.05, 3.63) is 17.5 Å². The van der Waals surface area contributed by atoms with Crippen LogP contribution < -0.4 is 5.32 Å². The quantitative estimate of drug-likeness (QED) is 0.895. The summed E-state index contributed by atoms with van der Waals surface area (Å²) in [5.41, 5.74) is 0.335. The van der Waals surface area contributed by atoms with Gasteiger partial charge < -0.3 is 19.6 Å². The van der Waals surface area contributed by atoms with Crippen molar-refractivity contribution in [3.8, 4) is 0 Å². The van der Waals surface area contributed by atoms with Gasteiger partial charge in [0.2, 0.25) is 0 Å². The van der Waals surface area contributed by atoms with E-state index in [1.54, 1.807) is 22.8 Å². The largest absolute Gasteiger partial charge is 0.361 e. The van der Waals surface area contributed by atoms with Crippen LogP contribution in [0.1, 0.15) is 41.9 Å². The highest BCUT2D eigenvalue weighted by Crippen LogP contribution is 2.18. The summed E-state index contributed by atoms with van der Waals surface area (Å²) in [7, 11) is 0. The lowest BCUT2D eigenvalue weighted by Crippen LogP contribution is -2.54. The third-order valence-corrected chi connectivity index (χ3v) is 4.38. The standard InChI is InChI=1S/C15H22N4O3/c1-11-10-13(17-22-11)14(20)18-6-8-19(9-7-18)15(21)16-12-4-2-3-5-12/h10,12H,2-9H2,1H3,(H,16,21). The zero-order chi connectivity index (χ0) is 15.5. The van der Waals surface area contributed by atoms with Gasteiger partial charge in [0.05, 0.1) is 0 Å². The fourth-order valence-electron chi connectivity index (χ4n) is 3.08. The SMILES string of the molecule is Cc1cc(C(=O)N2CCN(C(=O)NC3CCCC3)CC2)no1. The molecule has 2 aliphatic rings. The Kier molecular flexibility index (Phi) is 4.31. The van der Waals surface area contributed by atoms with Gasteiger partial charge in [0.1, 0.15) is 5.76 Å². The van der Waals surface area contributed by atoms with E-state index in [1.165, 1.54) is 12.8 Å². The van der Waals surface area contributed by atoms with E-state index in [2.05, 4.69) is 10.5 Å². The Morgan fingerprint density at radius 2 is 1.82 bits per heavy atom. The van der Waals surface area contributed by atoms with E-state index in [9.17, 15) is 9.59 Å². The van der Waals surface area contributed by atoms with E-state index in [0.717, 1.165) is 12.8 Å². The summed E-state index contributed by atoms with van der Waals surface area (Å²) in [6, 6.07) is 1.96. The van der Waals surface area contributed by atoms with Crippen molar-refractivity contribution in [3.63, 3.8) is 0 Å². The Hall–Kier alpha value is -2.05. The Morgan fingerprint density at radius 1 is 1.18 bits per heavy atom.